The van der Waals surface area contributed by atoms with E-state index in [2.05, 4.69) is 19.8 Å². The van der Waals surface area contributed by atoms with Crippen LogP contribution in [-0.2, 0) is 0 Å². The largest absolute Gasteiger partial charge is 0.359 e. The Morgan fingerprint density at radius 3 is 3.18 bits per heavy atom. The molecule has 0 aliphatic rings. The third-order valence-corrected chi connectivity index (χ3v) is 0.848. The Morgan fingerprint density at radius 2 is 2.73 bits per heavy atom. The van der Waals surface area contributed by atoms with Crippen LogP contribution in [0.1, 0.15) is 10.5 Å². The van der Waals surface area contributed by atoms with E-state index in [1.54, 1.807) is 0 Å². The van der Waals surface area contributed by atoms with Crippen LogP contribution in [0.4, 0.5) is 0 Å². The van der Waals surface area contributed by atoms with E-state index in [4.69, 9.17) is 5.53 Å². The predicted molar refractivity (Wildman–Crippen MR) is 28.9 cm³/mol. The van der Waals surface area contributed by atoms with Crippen molar-refractivity contribution >= 4 is 5.91 Å². The van der Waals surface area contributed by atoms with Gasteiger partial charge >= 0.3 is 0 Å². The molecule has 0 aliphatic heterocycles. The molecule has 56 valence electrons. The molecule has 0 aromatic carbocycles. The predicted octanol–water partition coefficient (Wildman–Crippen LogP) is -0.241. The van der Waals surface area contributed by atoms with Crippen LogP contribution in [0.25, 0.3) is 10.4 Å². The number of amides is 1. The van der Waals surface area contributed by atoms with Gasteiger partial charge in [0.2, 0.25) is 6.20 Å². The molecule has 0 atom stereocenters. The van der Waals surface area contributed by atoms with Crippen LogP contribution in [0.5, 0.6) is 0 Å². The quantitative estimate of drug-likeness (QED) is 0.240. The van der Waals surface area contributed by atoms with Crippen LogP contribution in [0, 0.1) is 5.21 Å². The number of nitrogens with zero attached hydrogens (tertiary/aromatic N) is 5. The fraction of sp³-hybridized carbons (Fsp3) is 0. The third kappa shape index (κ3) is 1.25. The van der Waals surface area contributed by atoms with Crippen molar-refractivity contribution < 1.29 is 14.3 Å². The van der Waals surface area contributed by atoms with Gasteiger partial charge in [-0.1, -0.05) is 0 Å². The summed E-state index contributed by atoms with van der Waals surface area (Å²) in [6, 6.07) is 0. The Kier molecular flexibility index (Phi) is 1.71. The lowest BCUT2D eigenvalue weighted by Gasteiger charge is -1.85. The average Bonchev–Trinajstić information content (AvgIpc) is 2.36. The van der Waals surface area contributed by atoms with E-state index >= 15 is 0 Å². The van der Waals surface area contributed by atoms with Crippen LogP contribution in [0.2, 0.25) is 0 Å². The van der Waals surface area contributed by atoms with Gasteiger partial charge < -0.3 is 5.21 Å². The molecule has 1 heterocycles. The molecule has 0 radical (unpaired) electrons. The lowest BCUT2D eigenvalue weighted by atomic mass is 10.5. The van der Waals surface area contributed by atoms with E-state index in [-0.39, 0.29) is 4.90 Å². The van der Waals surface area contributed by atoms with Crippen LogP contribution in [0.15, 0.2) is 15.9 Å². The highest BCUT2D eigenvalue weighted by atomic mass is 16.8. The van der Waals surface area contributed by atoms with Crippen molar-refractivity contribution in [2.75, 3.05) is 0 Å². The van der Waals surface area contributed by atoms with Crippen LogP contribution in [-0.4, -0.2) is 11.1 Å². The number of carbonyl (C=O) groups is 1. The fourth-order valence-electron chi connectivity index (χ4n) is 0.433. The summed E-state index contributed by atoms with van der Waals surface area (Å²) in [5, 5.41) is 16.1. The van der Waals surface area contributed by atoms with Gasteiger partial charge in [-0.25, -0.2) is 0 Å². The summed E-state index contributed by atoms with van der Waals surface area (Å²) in [4.78, 5) is 12.6. The summed E-state index contributed by atoms with van der Waals surface area (Å²) >= 11 is 0. The fourth-order valence-corrected chi connectivity index (χ4v) is 0.433. The van der Waals surface area contributed by atoms with E-state index in [9.17, 15) is 10.0 Å². The van der Waals surface area contributed by atoms with Crippen molar-refractivity contribution in [3.8, 4) is 0 Å². The molecule has 1 amide bonds. The van der Waals surface area contributed by atoms with Crippen molar-refractivity contribution in [2.24, 2.45) is 5.11 Å². The third-order valence-electron chi connectivity index (χ3n) is 0.848. The van der Waals surface area contributed by atoms with Gasteiger partial charge in [-0.05, 0) is 15.5 Å². The second kappa shape index (κ2) is 2.67. The minimum atomic E-state index is -1.02. The molecule has 0 saturated heterocycles. The second-order valence-electron chi connectivity index (χ2n) is 1.45. The SMILES string of the molecule is [N-]=[N+]=NC(=O)c1cno[n+]1[O-]. The highest BCUT2D eigenvalue weighted by Gasteiger charge is 2.14. The highest BCUT2D eigenvalue weighted by molar-refractivity contribution is 5.91. The molecular formula is C3HN5O3. The standard InChI is InChI=1S/C3HN5O3/c4-7-6-3(9)2-1-5-11-8(2)10/h1H. The van der Waals surface area contributed by atoms with Gasteiger partial charge in [0.15, 0.2) is 0 Å². The topological polar surface area (TPSA) is 119 Å². The molecule has 8 heteroatoms. The summed E-state index contributed by atoms with van der Waals surface area (Å²) in [5.74, 6) is -1.02. The van der Waals surface area contributed by atoms with Crippen molar-refractivity contribution in [3.05, 3.63) is 27.5 Å². The summed E-state index contributed by atoms with van der Waals surface area (Å²) in [6.45, 7) is 0. The minimum Gasteiger partial charge on any atom is -0.359 e. The number of aromatic nitrogens is 2. The Morgan fingerprint density at radius 1 is 2.00 bits per heavy atom. The summed E-state index contributed by atoms with van der Waals surface area (Å²) in [6.07, 6.45) is 0.865. The monoisotopic (exact) mass is 155 g/mol. The number of carbonyl (C=O) groups excluding carboxylic acids is 1. The Hall–Kier alpha value is -2.08. The molecule has 1 aromatic rings. The van der Waals surface area contributed by atoms with Crippen molar-refractivity contribution in [1.82, 2.24) is 5.16 Å². The molecule has 11 heavy (non-hydrogen) atoms. The number of hydrogen-bond donors (Lipinski definition) is 0. The average molecular weight is 155 g/mol. The molecular weight excluding hydrogens is 154 g/mol. The Balaban J connectivity index is 3.02. The number of hydrogen-bond acceptors (Lipinski definition) is 4. The molecule has 0 fully saturated rings. The van der Waals surface area contributed by atoms with E-state index < -0.39 is 11.6 Å². The van der Waals surface area contributed by atoms with Crippen molar-refractivity contribution in [1.29, 1.82) is 0 Å². The van der Waals surface area contributed by atoms with Gasteiger partial charge in [0.25, 0.3) is 11.6 Å². The maximum Gasteiger partial charge on any atom is 0.296 e. The second-order valence-corrected chi connectivity index (χ2v) is 1.45. The zero-order chi connectivity index (χ0) is 8.27. The molecule has 1 aromatic heterocycles. The number of rotatable bonds is 1. The maximum atomic E-state index is 10.6. The number of azide groups is 1. The first-order chi connectivity index (χ1) is 5.25. The lowest BCUT2D eigenvalue weighted by Crippen LogP contribution is -2.30. The first-order valence-corrected chi connectivity index (χ1v) is 2.40. The zero-order valence-corrected chi connectivity index (χ0v) is 5.04. The lowest BCUT2D eigenvalue weighted by molar-refractivity contribution is -0.803. The first-order valence-electron chi connectivity index (χ1n) is 2.40. The first kappa shape index (κ1) is 7.03. The van der Waals surface area contributed by atoms with Crippen molar-refractivity contribution in [2.45, 2.75) is 0 Å². The van der Waals surface area contributed by atoms with E-state index in [0.29, 0.717) is 0 Å². The van der Waals surface area contributed by atoms with E-state index in [1.807, 2.05) is 0 Å². The van der Waals surface area contributed by atoms with E-state index in [1.165, 1.54) is 0 Å². The minimum absolute atomic E-state index is 0.142. The molecule has 1 rings (SSSR count). The Labute approximate surface area is 59.2 Å². The van der Waals surface area contributed by atoms with Crippen LogP contribution in [0.3, 0.4) is 0 Å². The summed E-state index contributed by atoms with van der Waals surface area (Å²) < 4.78 is 3.94. The van der Waals surface area contributed by atoms with Gasteiger partial charge in [-0.3, -0.25) is 9.42 Å². The van der Waals surface area contributed by atoms with Gasteiger partial charge in [0.05, 0.1) is 0 Å². The van der Waals surface area contributed by atoms with Gasteiger partial charge in [0, 0.05) is 10.1 Å². The van der Waals surface area contributed by atoms with Crippen LogP contribution >= 0.6 is 0 Å². The zero-order valence-electron chi connectivity index (χ0n) is 5.04. The highest BCUT2D eigenvalue weighted by Crippen LogP contribution is 1.91. The molecule has 0 N–H and O–H groups in total. The van der Waals surface area contributed by atoms with Gasteiger partial charge in [0.1, 0.15) is 0 Å². The maximum absolute atomic E-state index is 10.6. The molecule has 8 nitrogen and oxygen atoms in total. The normalized spacial score (nSPS) is 8.73. The van der Waals surface area contributed by atoms with Gasteiger partial charge in [-0.2, -0.15) is 0 Å². The molecule has 0 saturated carbocycles. The molecule has 0 unspecified atom stereocenters. The molecule has 0 bridgehead atoms. The van der Waals surface area contributed by atoms with Crippen LogP contribution < -0.4 is 4.90 Å². The van der Waals surface area contributed by atoms with Crippen molar-refractivity contribution in [3.63, 3.8) is 0 Å². The smallest absolute Gasteiger partial charge is 0.296 e. The van der Waals surface area contributed by atoms with Gasteiger partial charge in [-0.15, -0.1) is 0 Å². The summed E-state index contributed by atoms with van der Waals surface area (Å²) in [7, 11) is 0. The summed E-state index contributed by atoms with van der Waals surface area (Å²) in [5.41, 5.74) is 7.36. The van der Waals surface area contributed by atoms with E-state index in [0.717, 1.165) is 6.20 Å². The molecule has 0 spiro atoms. The molecule has 0 aliphatic carbocycles. The Bertz CT molecular complexity index is 323.